The van der Waals surface area contributed by atoms with Gasteiger partial charge in [-0.05, 0) is 48.7 Å². The van der Waals surface area contributed by atoms with Crippen molar-refractivity contribution in [1.82, 2.24) is 9.78 Å². The number of nitrogens with one attached hydrogen (secondary N) is 2. The smallest absolute Gasteiger partial charge is 0.262 e. The molecule has 11 heteroatoms. The average molecular weight is 491 g/mol. The van der Waals surface area contributed by atoms with E-state index in [-0.39, 0.29) is 46.1 Å². The van der Waals surface area contributed by atoms with Gasteiger partial charge in [-0.15, -0.1) is 0 Å². The second-order valence-electron chi connectivity index (χ2n) is 7.59. The molecule has 2 N–H and O–H groups in total. The largest absolute Gasteiger partial charge is 0.310 e. The predicted molar refractivity (Wildman–Crippen MR) is 122 cm³/mol. The zero-order valence-corrected chi connectivity index (χ0v) is 19.3. The van der Waals surface area contributed by atoms with Gasteiger partial charge in [0.25, 0.3) is 10.0 Å². The van der Waals surface area contributed by atoms with Crippen LogP contribution in [0.4, 0.5) is 15.9 Å². The molecule has 1 aromatic heterocycles. The number of carbonyl (C=O) groups excluding carboxylic acids is 2. The zero-order valence-electron chi connectivity index (χ0n) is 17.8. The van der Waals surface area contributed by atoms with Gasteiger partial charge in [0.15, 0.2) is 0 Å². The van der Waals surface area contributed by atoms with E-state index in [0.717, 1.165) is 12.1 Å². The lowest BCUT2D eigenvalue weighted by Gasteiger charge is -2.14. The van der Waals surface area contributed by atoms with Crippen LogP contribution in [0.3, 0.4) is 0 Å². The maximum absolute atomic E-state index is 13.3. The Labute approximate surface area is 194 Å². The van der Waals surface area contributed by atoms with Crippen LogP contribution < -0.4 is 10.0 Å². The van der Waals surface area contributed by atoms with Gasteiger partial charge in [0.05, 0.1) is 21.3 Å². The lowest BCUT2D eigenvalue weighted by atomic mass is 10.0. The fraction of sp³-hybridized carbons (Fsp3) is 0.227. The summed E-state index contributed by atoms with van der Waals surface area (Å²) >= 11 is 5.99. The highest BCUT2D eigenvalue weighted by Gasteiger charge is 2.28. The third kappa shape index (κ3) is 4.36. The summed E-state index contributed by atoms with van der Waals surface area (Å²) < 4.78 is 43.3. The van der Waals surface area contributed by atoms with E-state index in [1.165, 1.54) is 16.8 Å². The van der Waals surface area contributed by atoms with Crippen LogP contribution in [0.5, 0.6) is 0 Å². The minimum atomic E-state index is -4.10. The molecule has 0 aliphatic carbocycles. The first-order valence-corrected chi connectivity index (χ1v) is 12.0. The number of rotatable bonds is 5. The Bertz CT molecular complexity index is 1400. The molecule has 8 nitrogen and oxygen atoms in total. The first-order chi connectivity index (χ1) is 15.6. The van der Waals surface area contributed by atoms with Gasteiger partial charge in [0.2, 0.25) is 11.8 Å². The first-order valence-electron chi connectivity index (χ1n) is 10.1. The number of anilines is 2. The molecule has 33 heavy (non-hydrogen) atoms. The lowest BCUT2D eigenvalue weighted by Crippen LogP contribution is -2.15. The fourth-order valence-corrected chi connectivity index (χ4v) is 5.27. The minimum Gasteiger partial charge on any atom is -0.310 e. The van der Waals surface area contributed by atoms with Crippen LogP contribution in [0.2, 0.25) is 5.02 Å². The molecule has 1 aliphatic rings. The molecule has 0 atom stereocenters. The highest BCUT2D eigenvalue weighted by Crippen LogP contribution is 2.36. The molecule has 0 saturated heterocycles. The van der Waals surface area contributed by atoms with Crippen LogP contribution >= 0.6 is 11.6 Å². The molecular formula is C22H20ClFN4O4S. The SMILES string of the molecule is CCc1nn2c(c1-c1ccc(C)c(S(=O)(=O)Nc3ccc(F)cc3Cl)c1)NC(=O)CCC2=O. The summed E-state index contributed by atoms with van der Waals surface area (Å²) in [5.41, 5.74) is 1.99. The number of hydrogen-bond acceptors (Lipinski definition) is 5. The summed E-state index contributed by atoms with van der Waals surface area (Å²) in [6.45, 7) is 3.48. The van der Waals surface area contributed by atoms with E-state index in [1.54, 1.807) is 19.1 Å². The number of aryl methyl sites for hydroxylation is 2. The third-order valence-electron chi connectivity index (χ3n) is 5.29. The molecule has 0 unspecified atom stereocenters. The van der Waals surface area contributed by atoms with Gasteiger partial charge in [-0.25, -0.2) is 12.8 Å². The van der Waals surface area contributed by atoms with Gasteiger partial charge < -0.3 is 5.32 Å². The Hall–Kier alpha value is -3.24. The second-order valence-corrected chi connectivity index (χ2v) is 9.65. The molecule has 1 aliphatic heterocycles. The molecule has 2 aromatic carbocycles. The summed E-state index contributed by atoms with van der Waals surface area (Å²) in [6, 6.07) is 8.13. The number of fused-ring (bicyclic) bond motifs is 1. The van der Waals surface area contributed by atoms with Crippen LogP contribution in [0.1, 0.15) is 35.8 Å². The zero-order chi connectivity index (χ0) is 23.9. The number of carbonyl (C=O) groups is 2. The van der Waals surface area contributed by atoms with E-state index in [2.05, 4.69) is 15.1 Å². The van der Waals surface area contributed by atoms with Crippen molar-refractivity contribution in [3.63, 3.8) is 0 Å². The normalized spacial score (nSPS) is 13.9. The number of aromatic nitrogens is 2. The number of amides is 1. The van der Waals surface area contributed by atoms with Crippen LogP contribution in [0, 0.1) is 12.7 Å². The monoisotopic (exact) mass is 490 g/mol. The van der Waals surface area contributed by atoms with Gasteiger partial charge >= 0.3 is 0 Å². The molecule has 3 aromatic rings. The van der Waals surface area contributed by atoms with Crippen LogP contribution in [-0.4, -0.2) is 30.0 Å². The van der Waals surface area contributed by atoms with Crippen molar-refractivity contribution in [2.75, 3.05) is 10.0 Å². The van der Waals surface area contributed by atoms with Gasteiger partial charge in [0, 0.05) is 18.4 Å². The van der Waals surface area contributed by atoms with Gasteiger partial charge in [-0.1, -0.05) is 30.7 Å². The summed E-state index contributed by atoms with van der Waals surface area (Å²) in [4.78, 5) is 24.6. The molecule has 0 bridgehead atoms. The molecular weight excluding hydrogens is 471 g/mol. The third-order valence-corrected chi connectivity index (χ3v) is 7.11. The Morgan fingerprint density at radius 2 is 1.94 bits per heavy atom. The van der Waals surface area contributed by atoms with E-state index in [1.807, 2.05) is 6.92 Å². The highest BCUT2D eigenvalue weighted by atomic mass is 35.5. The molecule has 4 rings (SSSR count). The van der Waals surface area contributed by atoms with Gasteiger partial charge in [0.1, 0.15) is 11.6 Å². The van der Waals surface area contributed by atoms with Gasteiger partial charge in [-0.2, -0.15) is 9.78 Å². The Morgan fingerprint density at radius 3 is 2.64 bits per heavy atom. The Balaban J connectivity index is 1.83. The standard InChI is InChI=1S/C22H20ClFN4O4S/c1-3-16-21(22-25-19(29)8-9-20(30)28(22)26-16)13-5-4-12(2)18(10-13)33(31,32)27-17-7-6-14(24)11-15(17)23/h4-7,10-11,27H,3,8-9H2,1-2H3,(H,25,29). The number of benzene rings is 2. The van der Waals surface area contributed by atoms with Crippen molar-refractivity contribution < 1.29 is 22.4 Å². The molecule has 2 heterocycles. The predicted octanol–water partition coefficient (Wildman–Crippen LogP) is 4.39. The van der Waals surface area contributed by atoms with E-state index < -0.39 is 15.8 Å². The summed E-state index contributed by atoms with van der Waals surface area (Å²) in [7, 11) is -4.10. The van der Waals surface area contributed by atoms with E-state index >= 15 is 0 Å². The van der Waals surface area contributed by atoms with Crippen LogP contribution in [-0.2, 0) is 21.2 Å². The van der Waals surface area contributed by atoms with Crippen molar-refractivity contribution in [2.45, 2.75) is 38.0 Å². The molecule has 1 amide bonds. The topological polar surface area (TPSA) is 110 Å². The minimum absolute atomic E-state index is 0.0268. The quantitative estimate of drug-likeness (QED) is 0.551. The van der Waals surface area contributed by atoms with E-state index in [0.29, 0.717) is 28.8 Å². The first kappa shape index (κ1) is 22.9. The highest BCUT2D eigenvalue weighted by molar-refractivity contribution is 7.92. The maximum atomic E-state index is 13.3. The molecule has 0 fully saturated rings. The lowest BCUT2D eigenvalue weighted by molar-refractivity contribution is -0.116. The molecule has 0 spiro atoms. The van der Waals surface area contributed by atoms with Crippen molar-refractivity contribution in [3.8, 4) is 11.1 Å². The number of sulfonamides is 1. The number of halogens is 2. The van der Waals surface area contributed by atoms with Crippen molar-refractivity contribution in [3.05, 3.63) is 58.5 Å². The van der Waals surface area contributed by atoms with Crippen molar-refractivity contribution >= 4 is 44.9 Å². The van der Waals surface area contributed by atoms with E-state index in [9.17, 15) is 22.4 Å². The molecule has 172 valence electrons. The summed E-state index contributed by atoms with van der Waals surface area (Å²) in [5.74, 6) is -1.01. The van der Waals surface area contributed by atoms with E-state index in [4.69, 9.17) is 11.6 Å². The van der Waals surface area contributed by atoms with Gasteiger partial charge in [-0.3, -0.25) is 14.3 Å². The number of nitrogens with zero attached hydrogens (tertiary/aromatic N) is 2. The second kappa shape index (κ2) is 8.60. The van der Waals surface area contributed by atoms with Crippen molar-refractivity contribution in [2.24, 2.45) is 0 Å². The van der Waals surface area contributed by atoms with Crippen LogP contribution in [0.15, 0.2) is 41.3 Å². The Morgan fingerprint density at radius 1 is 1.18 bits per heavy atom. The molecule has 0 saturated carbocycles. The maximum Gasteiger partial charge on any atom is 0.262 e. The van der Waals surface area contributed by atoms with Crippen molar-refractivity contribution in [1.29, 1.82) is 0 Å². The Kier molecular flexibility index (Phi) is 5.98. The van der Waals surface area contributed by atoms with Crippen LogP contribution in [0.25, 0.3) is 11.1 Å². The average Bonchev–Trinajstić information content (AvgIpc) is 3.05. The molecule has 0 radical (unpaired) electrons. The fourth-order valence-electron chi connectivity index (χ4n) is 3.65. The summed E-state index contributed by atoms with van der Waals surface area (Å²) in [6.07, 6.45) is 0.524. The number of hydrogen-bond donors (Lipinski definition) is 2. The summed E-state index contributed by atoms with van der Waals surface area (Å²) in [5, 5.41) is 7.00.